The molecule has 1 aromatic heterocycles. The summed E-state index contributed by atoms with van der Waals surface area (Å²) in [7, 11) is 0. The van der Waals surface area contributed by atoms with Crippen LogP contribution in [-0.2, 0) is 10.5 Å². The van der Waals surface area contributed by atoms with E-state index in [0.29, 0.717) is 0 Å². The Morgan fingerprint density at radius 3 is 2.62 bits per heavy atom. The first-order valence-corrected chi connectivity index (χ1v) is 3.80. The summed E-state index contributed by atoms with van der Waals surface area (Å²) < 4.78 is 13.4. The van der Waals surface area contributed by atoms with Crippen LogP contribution in [0.15, 0.2) is 18.3 Å². The number of aliphatic carboxylic acids is 1. The topological polar surface area (TPSA) is 50.2 Å². The Morgan fingerprint density at radius 1 is 1.62 bits per heavy atom. The van der Waals surface area contributed by atoms with E-state index >= 15 is 0 Å². The number of carboxylic acids is 1. The Balaban J connectivity index is 3.08. The van der Waals surface area contributed by atoms with Crippen molar-refractivity contribution in [1.82, 2.24) is 4.98 Å². The quantitative estimate of drug-likeness (QED) is 0.758. The fourth-order valence-corrected chi connectivity index (χ4v) is 0.869. The van der Waals surface area contributed by atoms with E-state index in [9.17, 15) is 9.18 Å². The fourth-order valence-electron chi connectivity index (χ4n) is 0.869. The summed E-state index contributed by atoms with van der Waals surface area (Å²) in [5.74, 6) is -1.50. The van der Waals surface area contributed by atoms with Crippen molar-refractivity contribution in [2.45, 2.75) is 19.5 Å². The van der Waals surface area contributed by atoms with Gasteiger partial charge in [0.25, 0.3) is 0 Å². The maximum Gasteiger partial charge on any atom is 0.345 e. The molecule has 70 valence electrons. The van der Waals surface area contributed by atoms with Gasteiger partial charge in [-0.2, -0.15) is 0 Å². The molecule has 1 heterocycles. The van der Waals surface area contributed by atoms with Crippen LogP contribution in [0.2, 0.25) is 0 Å². The molecule has 0 saturated heterocycles. The normalized spacial score (nSPS) is 15.0. The van der Waals surface area contributed by atoms with Gasteiger partial charge >= 0.3 is 5.97 Å². The maximum absolute atomic E-state index is 13.4. The summed E-state index contributed by atoms with van der Waals surface area (Å²) in [5.41, 5.74) is -1.57. The van der Waals surface area contributed by atoms with E-state index in [0.717, 1.165) is 12.6 Å². The molecule has 1 rings (SSSR count). The first-order chi connectivity index (χ1) is 5.94. The highest BCUT2D eigenvalue weighted by Gasteiger charge is 2.35. The second-order valence-electron chi connectivity index (χ2n) is 3.00. The van der Waals surface area contributed by atoms with Crippen LogP contribution in [0, 0.1) is 6.92 Å². The van der Waals surface area contributed by atoms with Crippen molar-refractivity contribution in [2.75, 3.05) is 0 Å². The minimum atomic E-state index is -2.36. The number of hydrogen-bond acceptors (Lipinski definition) is 2. The van der Waals surface area contributed by atoms with Crippen LogP contribution in [-0.4, -0.2) is 16.1 Å². The number of alkyl halides is 1. The second kappa shape index (κ2) is 3.12. The summed E-state index contributed by atoms with van der Waals surface area (Å²) in [6.45, 7) is 2.75. The molecule has 0 radical (unpaired) electrons. The number of aryl methyl sites for hydroxylation is 1. The lowest BCUT2D eigenvalue weighted by Crippen LogP contribution is -2.26. The first kappa shape index (κ1) is 9.64. The predicted octanol–water partition coefficient (Wildman–Crippen LogP) is 1.66. The van der Waals surface area contributed by atoms with E-state index in [1.165, 1.54) is 12.3 Å². The van der Waals surface area contributed by atoms with Crippen molar-refractivity contribution in [3.8, 4) is 0 Å². The molecule has 1 unspecified atom stereocenters. The third-order valence-corrected chi connectivity index (χ3v) is 1.86. The monoisotopic (exact) mass is 183 g/mol. The highest BCUT2D eigenvalue weighted by atomic mass is 19.1. The zero-order chi connectivity index (χ0) is 10.1. The van der Waals surface area contributed by atoms with Crippen LogP contribution >= 0.6 is 0 Å². The molecule has 1 aromatic rings. The molecule has 4 heteroatoms. The molecule has 0 fully saturated rings. The average Bonchev–Trinajstić information content (AvgIpc) is 2.04. The van der Waals surface area contributed by atoms with Crippen LogP contribution < -0.4 is 0 Å². The average molecular weight is 183 g/mol. The lowest BCUT2D eigenvalue weighted by Gasteiger charge is -2.14. The standard InChI is InChI=1S/C9H10FNO2/c1-6-3-4-7(5-11-6)9(2,10)8(12)13/h3-5H,1-2H3,(H,12,13). The number of carbonyl (C=O) groups is 1. The molecule has 0 aliphatic heterocycles. The van der Waals surface area contributed by atoms with E-state index in [4.69, 9.17) is 5.11 Å². The van der Waals surface area contributed by atoms with Crippen molar-refractivity contribution in [1.29, 1.82) is 0 Å². The summed E-state index contributed by atoms with van der Waals surface area (Å²) >= 11 is 0. The molecule has 0 spiro atoms. The van der Waals surface area contributed by atoms with Crippen LogP contribution in [0.3, 0.4) is 0 Å². The molecule has 13 heavy (non-hydrogen) atoms. The SMILES string of the molecule is Cc1ccc(C(C)(F)C(=O)O)cn1. The maximum atomic E-state index is 13.4. The van der Waals surface area contributed by atoms with Crippen LogP contribution in [0.25, 0.3) is 0 Å². The summed E-state index contributed by atoms with van der Waals surface area (Å²) in [6, 6.07) is 3.01. The van der Waals surface area contributed by atoms with E-state index in [2.05, 4.69) is 4.98 Å². The van der Waals surface area contributed by atoms with Gasteiger partial charge < -0.3 is 5.11 Å². The smallest absolute Gasteiger partial charge is 0.345 e. The van der Waals surface area contributed by atoms with Gasteiger partial charge in [0.05, 0.1) is 0 Å². The first-order valence-electron chi connectivity index (χ1n) is 3.80. The minimum absolute atomic E-state index is 0.0607. The Hall–Kier alpha value is -1.45. The number of nitrogens with zero attached hydrogens (tertiary/aromatic N) is 1. The van der Waals surface area contributed by atoms with Gasteiger partial charge in [-0.05, 0) is 19.9 Å². The molecule has 1 N–H and O–H groups in total. The number of carboxylic acid groups (broad SMARTS) is 1. The van der Waals surface area contributed by atoms with Crippen molar-refractivity contribution in [2.24, 2.45) is 0 Å². The summed E-state index contributed by atoms with van der Waals surface area (Å²) in [5, 5.41) is 8.56. The van der Waals surface area contributed by atoms with E-state index < -0.39 is 11.6 Å². The van der Waals surface area contributed by atoms with Gasteiger partial charge in [-0.1, -0.05) is 6.07 Å². The molecule has 0 bridgehead atoms. The van der Waals surface area contributed by atoms with Gasteiger partial charge in [0.15, 0.2) is 0 Å². The number of pyridine rings is 1. The molecular weight excluding hydrogens is 173 g/mol. The lowest BCUT2D eigenvalue weighted by molar-refractivity contribution is -0.150. The lowest BCUT2D eigenvalue weighted by atomic mass is 10.0. The largest absolute Gasteiger partial charge is 0.479 e. The second-order valence-corrected chi connectivity index (χ2v) is 3.00. The minimum Gasteiger partial charge on any atom is -0.479 e. The molecule has 1 atom stereocenters. The zero-order valence-corrected chi connectivity index (χ0v) is 7.41. The number of halogens is 1. The fraction of sp³-hybridized carbons (Fsp3) is 0.333. The molecule has 0 saturated carbocycles. The Labute approximate surface area is 75.2 Å². The Bertz CT molecular complexity index is 319. The molecule has 3 nitrogen and oxygen atoms in total. The van der Waals surface area contributed by atoms with Crippen LogP contribution in [0.5, 0.6) is 0 Å². The van der Waals surface area contributed by atoms with Gasteiger partial charge in [0.2, 0.25) is 5.67 Å². The summed E-state index contributed by atoms with van der Waals surface area (Å²) in [6.07, 6.45) is 1.24. The van der Waals surface area contributed by atoms with Gasteiger partial charge in [0.1, 0.15) is 0 Å². The van der Waals surface area contributed by atoms with Crippen LogP contribution in [0.4, 0.5) is 4.39 Å². The van der Waals surface area contributed by atoms with Gasteiger partial charge in [-0.25, -0.2) is 9.18 Å². The molecule has 0 aromatic carbocycles. The highest BCUT2D eigenvalue weighted by molar-refractivity contribution is 5.78. The van der Waals surface area contributed by atoms with E-state index in [1.54, 1.807) is 13.0 Å². The zero-order valence-electron chi connectivity index (χ0n) is 7.41. The van der Waals surface area contributed by atoms with E-state index in [1.807, 2.05) is 0 Å². The van der Waals surface area contributed by atoms with Gasteiger partial charge in [0, 0.05) is 17.5 Å². The van der Waals surface area contributed by atoms with Gasteiger partial charge in [-0.15, -0.1) is 0 Å². The van der Waals surface area contributed by atoms with E-state index in [-0.39, 0.29) is 5.56 Å². The van der Waals surface area contributed by atoms with Crippen molar-refractivity contribution in [3.05, 3.63) is 29.6 Å². The van der Waals surface area contributed by atoms with Crippen molar-refractivity contribution >= 4 is 5.97 Å². The third kappa shape index (κ3) is 1.83. The molecular formula is C9H10FNO2. The number of rotatable bonds is 2. The molecule has 0 aliphatic carbocycles. The molecule has 0 amide bonds. The van der Waals surface area contributed by atoms with Crippen molar-refractivity contribution < 1.29 is 14.3 Å². The van der Waals surface area contributed by atoms with Crippen molar-refractivity contribution in [3.63, 3.8) is 0 Å². The Morgan fingerprint density at radius 2 is 2.23 bits per heavy atom. The van der Waals surface area contributed by atoms with Gasteiger partial charge in [-0.3, -0.25) is 4.98 Å². The number of hydrogen-bond donors (Lipinski definition) is 1. The highest BCUT2D eigenvalue weighted by Crippen LogP contribution is 2.24. The number of aromatic nitrogens is 1. The predicted molar refractivity (Wildman–Crippen MR) is 45.1 cm³/mol. The molecule has 0 aliphatic rings. The Kier molecular flexibility index (Phi) is 2.32. The van der Waals surface area contributed by atoms with Crippen LogP contribution in [0.1, 0.15) is 18.2 Å². The third-order valence-electron chi connectivity index (χ3n) is 1.86. The summed E-state index contributed by atoms with van der Waals surface area (Å²) in [4.78, 5) is 14.3.